The van der Waals surface area contributed by atoms with Gasteiger partial charge >= 0.3 is 17.8 Å². The van der Waals surface area contributed by atoms with Crippen molar-refractivity contribution >= 4 is 28.9 Å². The number of aromatic amines is 1. The number of hydrogen-bond donors (Lipinski definition) is 5. The Hall–Kier alpha value is -7.38. The molecule has 2 bridgehead atoms. The van der Waals surface area contributed by atoms with Crippen LogP contribution < -0.4 is 16.6 Å². The first kappa shape index (κ1) is 45.1. The number of piperazine rings is 1. The molecular formula is C51H51FN8O10. The summed E-state index contributed by atoms with van der Waals surface area (Å²) in [4.78, 5) is 76.3. The third kappa shape index (κ3) is 7.07. The average Bonchev–Trinajstić information content (AvgIpc) is 3.99. The number of alkyl carbamates (subject to hydrolysis) is 1. The van der Waals surface area contributed by atoms with E-state index in [1.165, 1.54) is 21.3 Å². The van der Waals surface area contributed by atoms with Gasteiger partial charge in [-0.05, 0) is 97.0 Å². The highest BCUT2D eigenvalue weighted by Crippen LogP contribution is 2.46. The molecule has 70 heavy (non-hydrogen) atoms. The van der Waals surface area contributed by atoms with Gasteiger partial charge in [0.05, 0.1) is 46.3 Å². The summed E-state index contributed by atoms with van der Waals surface area (Å²) in [6.07, 6.45) is 1.58. The van der Waals surface area contributed by atoms with E-state index in [4.69, 9.17) is 14.5 Å². The molecule has 0 spiro atoms. The Morgan fingerprint density at radius 3 is 2.46 bits per heavy atom. The van der Waals surface area contributed by atoms with Gasteiger partial charge in [0, 0.05) is 60.4 Å². The molecule has 11 rings (SSSR count). The molecular weight excluding hydrogens is 904 g/mol. The minimum absolute atomic E-state index is 0.0253. The largest absolute Gasteiger partial charge is 0.508 e. The van der Waals surface area contributed by atoms with Crippen LogP contribution in [0.25, 0.3) is 39.4 Å². The van der Waals surface area contributed by atoms with Gasteiger partial charge in [0.2, 0.25) is 0 Å². The molecule has 19 heteroatoms. The van der Waals surface area contributed by atoms with Crippen molar-refractivity contribution in [3.63, 3.8) is 0 Å². The summed E-state index contributed by atoms with van der Waals surface area (Å²) < 4.78 is 29.2. The van der Waals surface area contributed by atoms with Crippen molar-refractivity contribution in [1.29, 1.82) is 0 Å². The third-order valence-corrected chi connectivity index (χ3v) is 15.1. The first-order valence-electron chi connectivity index (χ1n) is 23.7. The number of halogens is 1. The van der Waals surface area contributed by atoms with Crippen molar-refractivity contribution in [1.82, 2.24) is 39.4 Å². The molecule has 18 nitrogen and oxygen atoms in total. The number of ether oxygens (including phenoxy) is 2. The van der Waals surface area contributed by atoms with Crippen LogP contribution in [0.5, 0.6) is 11.5 Å². The molecule has 2 saturated heterocycles. The van der Waals surface area contributed by atoms with Gasteiger partial charge in [-0.3, -0.25) is 14.5 Å². The number of phenolic OH excluding ortho intramolecular Hbond substituents is 2. The van der Waals surface area contributed by atoms with E-state index >= 15 is 4.39 Å². The Bertz CT molecular complexity index is 3330. The van der Waals surface area contributed by atoms with E-state index in [0.717, 1.165) is 24.0 Å². The highest BCUT2D eigenvalue weighted by atomic mass is 19.1. The lowest BCUT2D eigenvalue weighted by Crippen LogP contribution is -2.56. The quantitative estimate of drug-likeness (QED) is 0.117. The highest BCUT2D eigenvalue weighted by Gasteiger charge is 2.46. The van der Waals surface area contributed by atoms with Gasteiger partial charge in [-0.25, -0.2) is 33.4 Å². The topological polar surface area (TPSA) is 234 Å². The van der Waals surface area contributed by atoms with Crippen LogP contribution in [-0.2, 0) is 50.8 Å². The number of H-pyrrole nitrogens is 1. The number of aromatic nitrogens is 5. The fourth-order valence-corrected chi connectivity index (χ4v) is 11.6. The number of carbonyl (C=O) groups excluding carboxylic acids is 3. The number of pyridine rings is 2. The van der Waals surface area contributed by atoms with E-state index in [1.54, 1.807) is 26.0 Å². The SMILES string of the molecule is CC[C@@]1(O)C(=O)OCc2c1cc1n(c2=O)Cc2c-1nc1cc(F)c(C)c3c1c2[C@@H](NC(=O)OCC(=O)N1[C@@H]2CC[C@H]1CN(Cc1ccc(-n4c(-c5cc(C(C)C)c(O)cc5O)n[nH]c4=O)cc1)C2)CC3. The number of phenols is 2. The molecule has 4 aliphatic heterocycles. The molecule has 0 saturated carbocycles. The number of benzene rings is 3. The van der Waals surface area contributed by atoms with Crippen molar-refractivity contribution in [3.05, 3.63) is 120 Å². The van der Waals surface area contributed by atoms with E-state index in [-0.39, 0.29) is 71.9 Å². The van der Waals surface area contributed by atoms with Crippen LogP contribution in [0, 0.1) is 12.7 Å². The van der Waals surface area contributed by atoms with Crippen molar-refractivity contribution in [2.45, 2.75) is 109 Å². The molecule has 2 amide bonds. The van der Waals surface area contributed by atoms with Crippen LogP contribution in [0.2, 0.25) is 0 Å². The minimum atomic E-state index is -2.03. The molecule has 4 atom stereocenters. The molecule has 7 heterocycles. The van der Waals surface area contributed by atoms with Crippen molar-refractivity contribution in [2.75, 3.05) is 19.7 Å². The summed E-state index contributed by atoms with van der Waals surface area (Å²) in [5.74, 6) is -1.67. The fraction of sp³-hybridized carbons (Fsp3) is 0.392. The number of rotatable bonds is 9. The summed E-state index contributed by atoms with van der Waals surface area (Å²) in [6.45, 7) is 8.29. The Labute approximate surface area is 399 Å². The zero-order chi connectivity index (χ0) is 49.1. The number of aryl methyl sites for hydroxylation is 1. The number of carbonyl (C=O) groups is 3. The zero-order valence-electron chi connectivity index (χ0n) is 39.0. The van der Waals surface area contributed by atoms with Crippen LogP contribution in [0.4, 0.5) is 9.18 Å². The van der Waals surface area contributed by atoms with E-state index in [1.807, 2.05) is 43.0 Å². The summed E-state index contributed by atoms with van der Waals surface area (Å²) in [5.41, 5.74) is 3.42. The third-order valence-electron chi connectivity index (χ3n) is 15.1. The maximum absolute atomic E-state index is 15.4. The first-order valence-corrected chi connectivity index (χ1v) is 23.7. The maximum atomic E-state index is 15.4. The number of likely N-dealkylation sites (tertiary alicyclic amines) is 1. The average molecular weight is 955 g/mol. The Kier molecular flexibility index (Phi) is 10.7. The summed E-state index contributed by atoms with van der Waals surface area (Å²) in [5, 5.41) is 42.8. The van der Waals surface area contributed by atoms with Crippen LogP contribution in [-0.4, -0.2) is 99.2 Å². The van der Waals surface area contributed by atoms with Crippen molar-refractivity contribution < 1.29 is 43.6 Å². The Balaban J connectivity index is 0.770. The van der Waals surface area contributed by atoms with Crippen molar-refractivity contribution in [3.8, 4) is 40.0 Å². The van der Waals surface area contributed by atoms with Crippen molar-refractivity contribution in [2.24, 2.45) is 0 Å². The maximum Gasteiger partial charge on any atom is 0.408 e. The molecule has 3 aromatic heterocycles. The lowest BCUT2D eigenvalue weighted by Gasteiger charge is -2.41. The highest BCUT2D eigenvalue weighted by molar-refractivity contribution is 5.94. The number of amides is 2. The second-order valence-electron chi connectivity index (χ2n) is 19.4. The summed E-state index contributed by atoms with van der Waals surface area (Å²) >= 11 is 0. The van der Waals surface area contributed by atoms with Gasteiger partial charge in [0.15, 0.2) is 18.0 Å². The van der Waals surface area contributed by atoms with E-state index in [0.29, 0.717) is 88.3 Å². The minimum Gasteiger partial charge on any atom is -0.508 e. The van der Waals surface area contributed by atoms with Gasteiger partial charge in [0.25, 0.3) is 11.5 Å². The van der Waals surface area contributed by atoms with Gasteiger partial charge in [0.1, 0.15) is 23.9 Å². The number of fused-ring (bicyclic) bond motifs is 7. The first-order chi connectivity index (χ1) is 33.5. The standard InChI is InChI=1S/C51H51FN8O10/c1-5-51(68)35-15-39-45-33(21-58(39)47(64)34(35)22-69-48(51)65)44-37(13-12-30-25(4)36(52)16-38(53-45)43(30)44)54-50(67)70-23-42(63)59-28-10-11-29(59)20-57(19-28)18-26-6-8-27(9-7-26)60-46(55-56-49(60)66)32-14-31(24(2)3)40(61)17-41(32)62/h6-9,14-17,24,28-29,37,61-62,68H,5,10-13,18-23H2,1-4H3,(H,54,67)(H,56,66)/t28-,29+,37-,51-/m0/s1. The van der Waals surface area contributed by atoms with Gasteiger partial charge in [-0.1, -0.05) is 32.9 Å². The second kappa shape index (κ2) is 16.6. The van der Waals surface area contributed by atoms with E-state index in [2.05, 4.69) is 20.4 Å². The lowest BCUT2D eigenvalue weighted by molar-refractivity contribution is -0.172. The molecule has 0 radical (unpaired) electrons. The van der Waals surface area contributed by atoms with Gasteiger partial charge < -0.3 is 39.6 Å². The molecule has 5 N–H and O–H groups in total. The molecule has 3 aromatic carbocycles. The molecule has 2 fully saturated rings. The van der Waals surface area contributed by atoms with E-state index in [9.17, 15) is 39.3 Å². The zero-order valence-corrected chi connectivity index (χ0v) is 39.0. The molecule has 1 aliphatic carbocycles. The molecule has 362 valence electrons. The predicted octanol–water partition coefficient (Wildman–Crippen LogP) is 5.19. The number of cyclic esters (lactones) is 1. The number of nitrogens with zero attached hydrogens (tertiary/aromatic N) is 6. The number of aliphatic hydroxyl groups is 1. The Morgan fingerprint density at radius 1 is 1.00 bits per heavy atom. The molecule has 0 unspecified atom stereocenters. The van der Waals surface area contributed by atoms with Crippen LogP contribution >= 0.6 is 0 Å². The van der Waals surface area contributed by atoms with Crippen LogP contribution in [0.3, 0.4) is 0 Å². The van der Waals surface area contributed by atoms with Crippen LogP contribution in [0.1, 0.15) is 103 Å². The van der Waals surface area contributed by atoms with E-state index < -0.39 is 47.4 Å². The molecule has 5 aliphatic rings. The lowest BCUT2D eigenvalue weighted by atomic mass is 9.81. The van der Waals surface area contributed by atoms with Crippen LogP contribution in [0.15, 0.2) is 58.1 Å². The molecule has 6 aromatic rings. The second-order valence-corrected chi connectivity index (χ2v) is 19.4. The monoisotopic (exact) mass is 954 g/mol. The number of esters is 1. The van der Waals surface area contributed by atoms with Gasteiger partial charge in [-0.15, -0.1) is 0 Å². The fourth-order valence-electron chi connectivity index (χ4n) is 11.6. The number of nitrogens with one attached hydrogen (secondary N) is 2. The summed E-state index contributed by atoms with van der Waals surface area (Å²) in [7, 11) is 0. The smallest absolute Gasteiger partial charge is 0.408 e. The summed E-state index contributed by atoms with van der Waals surface area (Å²) in [6, 6.07) is 12.5. The number of hydrogen-bond acceptors (Lipinski definition) is 13. The predicted molar refractivity (Wildman–Crippen MR) is 251 cm³/mol. The normalized spacial score (nSPS) is 21.2. The Morgan fingerprint density at radius 2 is 1.74 bits per heavy atom. The number of aromatic hydroxyl groups is 2. The van der Waals surface area contributed by atoms with Gasteiger partial charge in [-0.2, -0.15) is 5.10 Å².